The summed E-state index contributed by atoms with van der Waals surface area (Å²) < 4.78 is 5.62. The van der Waals surface area contributed by atoms with Crippen molar-refractivity contribution in [1.82, 2.24) is 0 Å². The van der Waals surface area contributed by atoms with Crippen LogP contribution in [0.1, 0.15) is 29.2 Å². The zero-order valence-electron chi connectivity index (χ0n) is 8.57. The number of ether oxygens (including phenoxy) is 1. The zero-order valence-corrected chi connectivity index (χ0v) is 8.57. The fraction of sp³-hybridized carbons (Fsp3) is 0.500. The van der Waals surface area contributed by atoms with E-state index in [9.17, 15) is 5.11 Å². The molecule has 0 amide bonds. The Hall–Kier alpha value is -1.06. The van der Waals surface area contributed by atoms with Gasteiger partial charge in [-0.25, -0.2) is 0 Å². The van der Waals surface area contributed by atoms with Crippen molar-refractivity contribution in [3.63, 3.8) is 0 Å². The van der Waals surface area contributed by atoms with Crippen LogP contribution >= 0.6 is 0 Å². The highest BCUT2D eigenvalue weighted by Gasteiger charge is 2.30. The number of rotatable bonds is 0. The number of hydrogen-bond donors (Lipinski definition) is 2. The minimum absolute atomic E-state index is 0.292. The van der Waals surface area contributed by atoms with Crippen LogP contribution < -0.4 is 10.5 Å². The number of aryl methyl sites for hydroxylation is 1. The minimum atomic E-state index is -0.572. The van der Waals surface area contributed by atoms with Gasteiger partial charge in [-0.05, 0) is 30.4 Å². The number of fused-ring (bicyclic) bond motifs is 3. The minimum Gasteiger partial charge on any atom is -0.490 e. The van der Waals surface area contributed by atoms with Crippen LogP contribution in [0.15, 0.2) is 12.1 Å². The van der Waals surface area contributed by atoms with E-state index in [0.29, 0.717) is 6.61 Å². The van der Waals surface area contributed by atoms with E-state index in [-0.39, 0.29) is 6.04 Å². The molecule has 1 aliphatic heterocycles. The van der Waals surface area contributed by atoms with Gasteiger partial charge in [0.2, 0.25) is 0 Å². The molecular weight excluding hydrogens is 190 g/mol. The maximum atomic E-state index is 9.62. The van der Waals surface area contributed by atoms with Crippen LogP contribution in [0.25, 0.3) is 0 Å². The maximum absolute atomic E-state index is 9.62. The lowest BCUT2D eigenvalue weighted by Gasteiger charge is -2.29. The Labute approximate surface area is 88.9 Å². The molecule has 1 heterocycles. The summed E-state index contributed by atoms with van der Waals surface area (Å²) >= 11 is 0. The first-order valence-corrected chi connectivity index (χ1v) is 5.48. The Kier molecular flexibility index (Phi) is 1.97. The van der Waals surface area contributed by atoms with Gasteiger partial charge in [-0.1, -0.05) is 12.1 Å². The van der Waals surface area contributed by atoms with Gasteiger partial charge < -0.3 is 15.6 Å². The molecule has 3 heteroatoms. The van der Waals surface area contributed by atoms with Crippen molar-refractivity contribution in [3.05, 3.63) is 28.8 Å². The van der Waals surface area contributed by atoms with Crippen molar-refractivity contribution in [2.75, 3.05) is 6.61 Å². The molecule has 0 unspecified atom stereocenters. The molecule has 0 saturated heterocycles. The summed E-state index contributed by atoms with van der Waals surface area (Å²) in [5.74, 6) is 0.947. The molecule has 0 aromatic heterocycles. The van der Waals surface area contributed by atoms with E-state index >= 15 is 0 Å². The zero-order chi connectivity index (χ0) is 10.4. The van der Waals surface area contributed by atoms with Crippen LogP contribution in [0.5, 0.6) is 5.75 Å². The van der Waals surface area contributed by atoms with Gasteiger partial charge in [-0.15, -0.1) is 0 Å². The van der Waals surface area contributed by atoms with Crippen molar-refractivity contribution < 1.29 is 9.84 Å². The Morgan fingerprint density at radius 3 is 3.07 bits per heavy atom. The Morgan fingerprint density at radius 1 is 1.33 bits per heavy atom. The van der Waals surface area contributed by atoms with Crippen LogP contribution in [-0.4, -0.2) is 17.8 Å². The molecule has 2 aliphatic rings. The number of benzene rings is 1. The van der Waals surface area contributed by atoms with E-state index in [1.54, 1.807) is 0 Å². The van der Waals surface area contributed by atoms with Crippen LogP contribution in [0, 0.1) is 0 Å². The average Bonchev–Trinajstić information content (AvgIpc) is 2.71. The molecule has 1 aromatic rings. The summed E-state index contributed by atoms with van der Waals surface area (Å²) in [4.78, 5) is 0. The van der Waals surface area contributed by atoms with Crippen molar-refractivity contribution in [3.8, 4) is 5.75 Å². The van der Waals surface area contributed by atoms with E-state index in [1.165, 1.54) is 17.5 Å². The highest BCUT2D eigenvalue weighted by atomic mass is 16.5. The smallest absolute Gasteiger partial charge is 0.127 e. The predicted octanol–water partition coefficient (Wildman–Crippen LogP) is 0.928. The second kappa shape index (κ2) is 3.22. The van der Waals surface area contributed by atoms with Gasteiger partial charge in [-0.2, -0.15) is 0 Å². The van der Waals surface area contributed by atoms with Crippen LogP contribution in [0.2, 0.25) is 0 Å². The van der Waals surface area contributed by atoms with Gasteiger partial charge in [0.15, 0.2) is 0 Å². The summed E-state index contributed by atoms with van der Waals surface area (Å²) in [5, 5.41) is 9.62. The average molecular weight is 205 g/mol. The topological polar surface area (TPSA) is 55.5 Å². The van der Waals surface area contributed by atoms with Crippen LogP contribution in [0.3, 0.4) is 0 Å². The largest absolute Gasteiger partial charge is 0.490 e. The highest BCUT2D eigenvalue weighted by Crippen LogP contribution is 2.39. The fourth-order valence-corrected chi connectivity index (χ4v) is 2.56. The second-order valence-corrected chi connectivity index (χ2v) is 4.38. The summed E-state index contributed by atoms with van der Waals surface area (Å²) in [5.41, 5.74) is 9.62. The lowest BCUT2D eigenvalue weighted by molar-refractivity contribution is 0.0673. The first-order valence-electron chi connectivity index (χ1n) is 5.48. The molecule has 1 aliphatic carbocycles. The van der Waals surface area contributed by atoms with Crippen molar-refractivity contribution in [1.29, 1.82) is 0 Å². The first-order chi connectivity index (χ1) is 7.27. The molecule has 0 radical (unpaired) electrons. The third-order valence-electron chi connectivity index (χ3n) is 3.43. The van der Waals surface area contributed by atoms with Gasteiger partial charge in [0.25, 0.3) is 0 Å². The molecule has 3 N–H and O–H groups in total. The molecule has 3 nitrogen and oxygen atoms in total. The molecule has 15 heavy (non-hydrogen) atoms. The van der Waals surface area contributed by atoms with Crippen molar-refractivity contribution in [2.24, 2.45) is 5.73 Å². The first kappa shape index (κ1) is 9.19. The van der Waals surface area contributed by atoms with Gasteiger partial charge >= 0.3 is 0 Å². The molecule has 80 valence electrons. The predicted molar refractivity (Wildman–Crippen MR) is 56.9 cm³/mol. The molecule has 0 saturated carbocycles. The summed E-state index contributed by atoms with van der Waals surface area (Å²) in [6.45, 7) is 0.324. The second-order valence-electron chi connectivity index (χ2n) is 4.38. The van der Waals surface area contributed by atoms with Crippen LogP contribution in [0.4, 0.5) is 0 Å². The molecule has 1 aromatic carbocycles. The monoisotopic (exact) mass is 205 g/mol. The molecule has 0 spiro atoms. The number of nitrogens with two attached hydrogens (primary N) is 1. The molecule has 2 atom stereocenters. The number of aliphatic hydroxyl groups is 1. The third kappa shape index (κ3) is 1.27. The lowest BCUT2D eigenvalue weighted by Crippen LogP contribution is -2.36. The van der Waals surface area contributed by atoms with E-state index in [4.69, 9.17) is 10.5 Å². The van der Waals surface area contributed by atoms with E-state index < -0.39 is 6.10 Å². The molecule has 0 fully saturated rings. The Balaban J connectivity index is 2.13. The number of aliphatic hydroxyl groups excluding tert-OH is 1. The molecule has 3 rings (SSSR count). The summed E-state index contributed by atoms with van der Waals surface area (Å²) in [6, 6.07) is 3.84. The molecule has 0 bridgehead atoms. The van der Waals surface area contributed by atoms with Crippen molar-refractivity contribution in [2.45, 2.75) is 31.4 Å². The van der Waals surface area contributed by atoms with Crippen LogP contribution in [-0.2, 0) is 12.8 Å². The number of hydrogen-bond acceptors (Lipinski definition) is 3. The fourth-order valence-electron chi connectivity index (χ4n) is 2.56. The quantitative estimate of drug-likeness (QED) is 0.662. The Bertz CT molecular complexity index is 403. The standard InChI is InChI=1S/C12H15NO2/c13-11-9-5-4-7-2-1-3-8(7)12(9)15-6-10(11)14/h4-5,10-11,14H,1-3,6,13H2/t10-,11+/m0/s1. The van der Waals surface area contributed by atoms with E-state index in [0.717, 1.165) is 24.2 Å². The van der Waals surface area contributed by atoms with Gasteiger partial charge in [0.05, 0.1) is 6.04 Å². The van der Waals surface area contributed by atoms with Gasteiger partial charge in [0.1, 0.15) is 18.5 Å². The Morgan fingerprint density at radius 2 is 2.20 bits per heavy atom. The SMILES string of the molecule is N[C@@H]1c2ccc3c(c2OC[C@@H]1O)CCC3. The maximum Gasteiger partial charge on any atom is 0.127 e. The van der Waals surface area contributed by atoms with Gasteiger partial charge in [-0.3, -0.25) is 0 Å². The highest BCUT2D eigenvalue weighted by molar-refractivity contribution is 5.51. The summed E-state index contributed by atoms with van der Waals surface area (Å²) in [7, 11) is 0. The lowest BCUT2D eigenvalue weighted by atomic mass is 9.94. The summed E-state index contributed by atoms with van der Waals surface area (Å²) in [6.07, 6.45) is 2.86. The van der Waals surface area contributed by atoms with E-state index in [2.05, 4.69) is 6.07 Å². The van der Waals surface area contributed by atoms with Crippen molar-refractivity contribution >= 4 is 0 Å². The molecular formula is C12H15NO2. The van der Waals surface area contributed by atoms with Gasteiger partial charge in [0, 0.05) is 5.56 Å². The normalized spacial score (nSPS) is 28.1. The third-order valence-corrected chi connectivity index (χ3v) is 3.43. The van der Waals surface area contributed by atoms with E-state index in [1.807, 2.05) is 6.07 Å².